The van der Waals surface area contributed by atoms with Crippen molar-refractivity contribution in [3.05, 3.63) is 0 Å². The zero-order chi connectivity index (χ0) is 4.12. The minimum atomic E-state index is 1.19. The van der Waals surface area contributed by atoms with E-state index < -0.39 is 0 Å². The Balaban J connectivity index is 4.38. The Morgan fingerprint density at radius 3 is 2.20 bits per heavy atom. The zero-order valence-electron chi connectivity index (χ0n) is 2.13. The molecule has 0 aromatic carbocycles. The van der Waals surface area contributed by atoms with E-state index in [1.807, 2.05) is 0 Å². The van der Waals surface area contributed by atoms with Crippen LogP contribution in [0.2, 0.25) is 0 Å². The average Bonchev–Trinajstić information content (AvgIpc) is 1.41. The van der Waals surface area contributed by atoms with E-state index in [0.717, 1.165) is 0 Å². The van der Waals surface area contributed by atoms with Gasteiger partial charge in [0, 0.05) is 4.31 Å². The van der Waals surface area contributed by atoms with Crippen LogP contribution in [0.15, 0.2) is 0 Å². The van der Waals surface area contributed by atoms with E-state index >= 15 is 0 Å². The van der Waals surface area contributed by atoms with Gasteiger partial charge in [0.1, 0.15) is 0 Å². The summed E-state index contributed by atoms with van der Waals surface area (Å²) < 4.78 is 2.38. The minimum absolute atomic E-state index is 1.19. The lowest BCUT2D eigenvalue weighted by molar-refractivity contribution is 4.64. The molecule has 0 spiro atoms. The van der Waals surface area contributed by atoms with Gasteiger partial charge in [0.15, 0.2) is 0 Å². The molecule has 0 saturated heterocycles. The fourth-order valence-corrected chi connectivity index (χ4v) is 1.12. The van der Waals surface area contributed by atoms with E-state index in [9.17, 15) is 0 Å². The van der Waals surface area contributed by atoms with Crippen LogP contribution in [0.5, 0.6) is 0 Å². The van der Waals surface area contributed by atoms with Crippen LogP contribution in [0.1, 0.15) is 0 Å². The van der Waals surface area contributed by atoms with Crippen molar-refractivity contribution in [3.8, 4) is 0 Å². The van der Waals surface area contributed by atoms with E-state index in [0.29, 0.717) is 0 Å². The molecule has 0 saturated carbocycles. The lowest BCUT2D eigenvalue weighted by atomic mass is 12.0. The highest BCUT2D eigenvalue weighted by molar-refractivity contribution is 8.42. The first-order chi connectivity index (χ1) is 2.41. The van der Waals surface area contributed by atoms with Gasteiger partial charge >= 0.3 is 0 Å². The van der Waals surface area contributed by atoms with E-state index in [-0.39, 0.29) is 0 Å². The van der Waals surface area contributed by atoms with Gasteiger partial charge in [-0.3, -0.25) is 0 Å². The second-order valence-corrected chi connectivity index (χ2v) is 3.34. The molecule has 0 rings (SSSR count). The number of rotatable bonds is 0. The Bertz CT molecular complexity index is 95.6. The molecule has 0 aromatic heterocycles. The Morgan fingerprint density at radius 2 is 2.20 bits per heavy atom. The third-order valence-electron chi connectivity index (χ3n) is 0.0680. The maximum Gasteiger partial charge on any atom is 0.0298 e. The van der Waals surface area contributed by atoms with Crippen molar-refractivity contribution in [2.45, 2.75) is 0 Å². The SMILES string of the molecule is S=C=S=S=S. The van der Waals surface area contributed by atoms with Gasteiger partial charge in [0.2, 0.25) is 0 Å². The Labute approximate surface area is 46.6 Å². The molecule has 0 radical (unpaired) electrons. The van der Waals surface area contributed by atoms with E-state index in [1.165, 1.54) is 18.8 Å². The van der Waals surface area contributed by atoms with Crippen molar-refractivity contribution in [2.24, 2.45) is 0 Å². The molecule has 28 valence electrons. The van der Waals surface area contributed by atoms with Crippen molar-refractivity contribution in [3.63, 3.8) is 0 Å². The van der Waals surface area contributed by atoms with Crippen molar-refractivity contribution in [1.29, 1.82) is 0 Å². The standard InChI is InChI=1S/CS4/c2-1-4-5-3. The highest BCUT2D eigenvalue weighted by atomic mass is 33.1. The summed E-state index contributed by atoms with van der Waals surface area (Å²) in [5.41, 5.74) is 0. The maximum absolute atomic E-state index is 4.40. The Morgan fingerprint density at radius 1 is 1.60 bits per heavy atom. The van der Waals surface area contributed by atoms with Crippen LogP contribution in [0.4, 0.5) is 0 Å². The highest BCUT2D eigenvalue weighted by Crippen LogP contribution is 1.26. The second kappa shape index (κ2) is 4.66. The van der Waals surface area contributed by atoms with Crippen molar-refractivity contribution < 1.29 is 0 Å². The van der Waals surface area contributed by atoms with E-state index in [2.05, 4.69) is 27.7 Å². The fraction of sp³-hybridized carbons (Fsp3) is 0. The number of hydrogen-bond donors (Lipinski definition) is 0. The summed E-state index contributed by atoms with van der Waals surface area (Å²) in [7, 11) is 2.45. The highest BCUT2D eigenvalue weighted by Gasteiger charge is 1.23. The van der Waals surface area contributed by atoms with Crippen molar-refractivity contribution in [1.82, 2.24) is 0 Å². The van der Waals surface area contributed by atoms with Crippen LogP contribution in [0.3, 0.4) is 0 Å². The molecule has 0 fully saturated rings. The molecule has 0 aromatic rings. The molecular formula is CS4. The summed E-state index contributed by atoms with van der Waals surface area (Å²) in [5, 5.41) is 0. The zero-order valence-corrected chi connectivity index (χ0v) is 5.40. The molecule has 0 aliphatic rings. The predicted molar refractivity (Wildman–Crippen MR) is 34.7 cm³/mol. The third-order valence-corrected chi connectivity index (χ3v) is 1.84. The maximum atomic E-state index is 4.40. The van der Waals surface area contributed by atoms with Gasteiger partial charge in [-0.05, 0) is 42.2 Å². The smallest absolute Gasteiger partial charge is 0.0148 e. The van der Waals surface area contributed by atoms with Crippen molar-refractivity contribution in [2.75, 3.05) is 0 Å². The van der Waals surface area contributed by atoms with Crippen LogP contribution in [-0.4, -0.2) is 4.31 Å². The van der Waals surface area contributed by atoms with Crippen LogP contribution < -0.4 is 0 Å². The van der Waals surface area contributed by atoms with Gasteiger partial charge in [0.25, 0.3) is 0 Å². The van der Waals surface area contributed by atoms with Gasteiger partial charge in [-0.15, -0.1) is 0 Å². The number of thiocarbonyl (C=S) groups is 1. The summed E-state index contributed by atoms with van der Waals surface area (Å²) in [6, 6.07) is 0. The molecule has 0 nitrogen and oxygen atoms in total. The fourth-order valence-electron chi connectivity index (χ4n) is 0.0139. The normalized spacial score (nSPS) is 4.80. The molecule has 0 aliphatic heterocycles. The number of hydrogen-bond acceptors (Lipinski definition) is 2. The van der Waals surface area contributed by atoms with Crippen LogP contribution in [-0.2, 0) is 30.0 Å². The summed E-state index contributed by atoms with van der Waals surface area (Å²) >= 11 is 8.68. The molecule has 0 amide bonds. The summed E-state index contributed by atoms with van der Waals surface area (Å²) in [6.45, 7) is 0. The van der Waals surface area contributed by atoms with Gasteiger partial charge in [0.05, 0.1) is 0 Å². The van der Waals surface area contributed by atoms with Gasteiger partial charge < -0.3 is 0 Å². The monoisotopic (exact) mass is 140 g/mol. The van der Waals surface area contributed by atoms with Gasteiger partial charge in [-0.1, -0.05) is 0 Å². The third kappa shape index (κ3) is 4.66. The molecule has 0 bridgehead atoms. The first kappa shape index (κ1) is 5.66. The van der Waals surface area contributed by atoms with Crippen LogP contribution in [0.25, 0.3) is 0 Å². The average molecular weight is 140 g/mol. The first-order valence-corrected chi connectivity index (χ1v) is 4.22. The molecule has 0 heterocycles. The molecule has 0 atom stereocenters. The minimum Gasteiger partial charge on any atom is -0.0148 e. The lowest BCUT2D eigenvalue weighted by Gasteiger charge is -1.22. The molecule has 4 heteroatoms. The molecule has 5 heavy (non-hydrogen) atoms. The second-order valence-electron chi connectivity index (χ2n) is 0.235. The van der Waals surface area contributed by atoms with Gasteiger partial charge in [-0.25, -0.2) is 0 Å². The van der Waals surface area contributed by atoms with Crippen molar-refractivity contribution >= 4 is 46.5 Å². The quantitative estimate of drug-likeness (QED) is 0.446. The van der Waals surface area contributed by atoms with Crippen LogP contribution >= 0.6 is 12.2 Å². The van der Waals surface area contributed by atoms with Gasteiger partial charge in [-0.2, -0.15) is 0 Å². The summed E-state index contributed by atoms with van der Waals surface area (Å²) in [5.74, 6) is 0. The molecule has 0 N–H and O–H groups in total. The summed E-state index contributed by atoms with van der Waals surface area (Å²) in [6.07, 6.45) is 0. The van der Waals surface area contributed by atoms with Crippen LogP contribution in [0, 0.1) is 0 Å². The molecular weight excluding hydrogens is 140 g/mol. The Kier molecular flexibility index (Phi) is 5.28. The first-order valence-electron chi connectivity index (χ1n) is 0.742. The lowest BCUT2D eigenvalue weighted by Crippen LogP contribution is -1.27. The summed E-state index contributed by atoms with van der Waals surface area (Å²) in [4.78, 5) is 0. The largest absolute Gasteiger partial charge is 0.0298 e. The van der Waals surface area contributed by atoms with E-state index in [1.54, 1.807) is 0 Å². The van der Waals surface area contributed by atoms with E-state index in [4.69, 9.17) is 0 Å². The predicted octanol–water partition coefficient (Wildman–Crippen LogP) is 0.363. The topological polar surface area (TPSA) is 0 Å². The Hall–Kier alpha value is 0.660. The molecule has 0 aliphatic carbocycles. The molecule has 0 unspecified atom stereocenters.